The number of nitrogens with one attached hydrogen (secondary N) is 2. The van der Waals surface area contributed by atoms with Crippen LogP contribution in [0.25, 0.3) is 0 Å². The molecule has 6 heteroatoms. The standard InChI is InChI=1S/C19H17ClN4O/c1-13-10-22-18(12-21-13)19(25)24-15-7-8-17(16(20)9-15)23-11-14-5-3-2-4-6-14/h2-10,12,23H,11H2,1H3,(H,24,25). The molecule has 2 aromatic carbocycles. The Bertz CT molecular complexity index is 866. The van der Waals surface area contributed by atoms with Crippen LogP contribution in [0.15, 0.2) is 60.9 Å². The van der Waals surface area contributed by atoms with Crippen molar-refractivity contribution >= 4 is 28.9 Å². The van der Waals surface area contributed by atoms with Crippen LogP contribution in [0.1, 0.15) is 21.7 Å². The molecule has 1 heterocycles. The number of aryl methyl sites for hydroxylation is 1. The highest BCUT2D eigenvalue weighted by molar-refractivity contribution is 6.33. The smallest absolute Gasteiger partial charge is 0.275 e. The molecule has 0 radical (unpaired) electrons. The van der Waals surface area contributed by atoms with Crippen molar-refractivity contribution in [3.05, 3.63) is 82.9 Å². The maximum Gasteiger partial charge on any atom is 0.275 e. The highest BCUT2D eigenvalue weighted by atomic mass is 35.5. The van der Waals surface area contributed by atoms with Crippen LogP contribution in [0.2, 0.25) is 5.02 Å². The predicted molar refractivity (Wildman–Crippen MR) is 99.9 cm³/mol. The number of anilines is 2. The molecule has 3 rings (SSSR count). The van der Waals surface area contributed by atoms with E-state index in [2.05, 4.69) is 20.6 Å². The fourth-order valence-corrected chi connectivity index (χ4v) is 2.48. The molecule has 5 nitrogen and oxygen atoms in total. The molecule has 25 heavy (non-hydrogen) atoms. The molecule has 1 aromatic heterocycles. The summed E-state index contributed by atoms with van der Waals surface area (Å²) in [7, 11) is 0. The fourth-order valence-electron chi connectivity index (χ4n) is 2.23. The van der Waals surface area contributed by atoms with Gasteiger partial charge in [-0.25, -0.2) is 4.98 Å². The summed E-state index contributed by atoms with van der Waals surface area (Å²) >= 11 is 6.30. The number of hydrogen-bond acceptors (Lipinski definition) is 4. The summed E-state index contributed by atoms with van der Waals surface area (Å²) in [5.41, 5.74) is 3.58. The largest absolute Gasteiger partial charge is 0.380 e. The van der Waals surface area contributed by atoms with Gasteiger partial charge in [-0.3, -0.25) is 9.78 Å². The molecule has 0 bridgehead atoms. The maximum atomic E-state index is 12.2. The number of nitrogens with zero attached hydrogens (tertiary/aromatic N) is 2. The topological polar surface area (TPSA) is 66.9 Å². The average Bonchev–Trinajstić information content (AvgIpc) is 2.62. The number of benzene rings is 2. The van der Waals surface area contributed by atoms with E-state index in [1.54, 1.807) is 18.3 Å². The number of halogens is 1. The Hall–Kier alpha value is -2.92. The highest BCUT2D eigenvalue weighted by Gasteiger charge is 2.09. The summed E-state index contributed by atoms with van der Waals surface area (Å²) in [6.45, 7) is 2.49. The molecule has 3 aromatic rings. The Morgan fingerprint density at radius 3 is 2.56 bits per heavy atom. The molecule has 0 aliphatic rings. The first-order chi connectivity index (χ1) is 12.1. The monoisotopic (exact) mass is 352 g/mol. The number of aromatic nitrogens is 2. The first kappa shape index (κ1) is 16.9. The highest BCUT2D eigenvalue weighted by Crippen LogP contribution is 2.26. The predicted octanol–water partition coefficient (Wildman–Crippen LogP) is 4.30. The SMILES string of the molecule is Cc1cnc(C(=O)Nc2ccc(NCc3ccccc3)c(Cl)c2)cn1. The third-order valence-electron chi connectivity index (χ3n) is 3.57. The van der Waals surface area contributed by atoms with E-state index in [9.17, 15) is 4.79 Å². The zero-order chi connectivity index (χ0) is 17.6. The second-order valence-electron chi connectivity index (χ2n) is 5.53. The Morgan fingerprint density at radius 2 is 1.88 bits per heavy atom. The van der Waals surface area contributed by atoms with Gasteiger partial charge >= 0.3 is 0 Å². The molecule has 2 N–H and O–H groups in total. The van der Waals surface area contributed by atoms with E-state index in [0.29, 0.717) is 17.3 Å². The summed E-state index contributed by atoms with van der Waals surface area (Å²) in [4.78, 5) is 20.3. The molecule has 0 saturated carbocycles. The van der Waals surface area contributed by atoms with E-state index >= 15 is 0 Å². The molecule has 0 spiro atoms. The second kappa shape index (κ2) is 7.77. The molecular weight excluding hydrogens is 336 g/mol. The Balaban J connectivity index is 1.65. The number of rotatable bonds is 5. The van der Waals surface area contributed by atoms with Gasteiger partial charge in [0.2, 0.25) is 0 Å². The van der Waals surface area contributed by atoms with Crippen LogP contribution >= 0.6 is 11.6 Å². The summed E-state index contributed by atoms with van der Waals surface area (Å²) in [6, 6.07) is 15.4. The quantitative estimate of drug-likeness (QED) is 0.718. The van der Waals surface area contributed by atoms with Gasteiger partial charge in [0.1, 0.15) is 5.69 Å². The van der Waals surface area contributed by atoms with Gasteiger partial charge < -0.3 is 10.6 Å². The molecule has 0 aliphatic heterocycles. The Kier molecular flexibility index (Phi) is 5.26. The van der Waals surface area contributed by atoms with E-state index in [4.69, 9.17) is 11.6 Å². The van der Waals surface area contributed by atoms with Crippen molar-refractivity contribution in [1.29, 1.82) is 0 Å². The van der Waals surface area contributed by atoms with Crippen molar-refractivity contribution in [2.45, 2.75) is 13.5 Å². The van der Waals surface area contributed by atoms with Crippen molar-refractivity contribution in [3.8, 4) is 0 Å². The van der Waals surface area contributed by atoms with Crippen molar-refractivity contribution in [2.24, 2.45) is 0 Å². The minimum Gasteiger partial charge on any atom is -0.380 e. The zero-order valence-electron chi connectivity index (χ0n) is 13.7. The van der Waals surface area contributed by atoms with E-state index in [1.165, 1.54) is 6.20 Å². The lowest BCUT2D eigenvalue weighted by atomic mass is 10.2. The van der Waals surface area contributed by atoms with Crippen LogP contribution in [0, 0.1) is 6.92 Å². The lowest BCUT2D eigenvalue weighted by molar-refractivity contribution is 0.102. The Labute approximate surface area is 151 Å². The lowest BCUT2D eigenvalue weighted by Gasteiger charge is -2.11. The van der Waals surface area contributed by atoms with Crippen LogP contribution < -0.4 is 10.6 Å². The van der Waals surface area contributed by atoms with Gasteiger partial charge in [0, 0.05) is 18.4 Å². The van der Waals surface area contributed by atoms with Gasteiger partial charge in [0.15, 0.2) is 0 Å². The fraction of sp³-hybridized carbons (Fsp3) is 0.105. The molecule has 126 valence electrons. The molecule has 0 atom stereocenters. The third kappa shape index (κ3) is 4.55. The molecule has 0 unspecified atom stereocenters. The summed E-state index contributed by atoms with van der Waals surface area (Å²) < 4.78 is 0. The van der Waals surface area contributed by atoms with Crippen LogP contribution in [-0.2, 0) is 6.54 Å². The average molecular weight is 353 g/mol. The van der Waals surface area contributed by atoms with E-state index in [0.717, 1.165) is 16.9 Å². The van der Waals surface area contributed by atoms with E-state index in [1.807, 2.05) is 43.3 Å². The first-order valence-corrected chi connectivity index (χ1v) is 8.17. The summed E-state index contributed by atoms with van der Waals surface area (Å²) in [5.74, 6) is -0.325. The van der Waals surface area contributed by atoms with Gasteiger partial charge in [-0.2, -0.15) is 0 Å². The first-order valence-electron chi connectivity index (χ1n) is 7.79. The molecular formula is C19H17ClN4O. The zero-order valence-corrected chi connectivity index (χ0v) is 14.4. The molecule has 0 fully saturated rings. The van der Waals surface area contributed by atoms with E-state index in [-0.39, 0.29) is 11.6 Å². The number of carbonyl (C=O) groups is 1. The third-order valence-corrected chi connectivity index (χ3v) is 3.88. The van der Waals surface area contributed by atoms with Gasteiger partial charge in [-0.05, 0) is 30.7 Å². The van der Waals surface area contributed by atoms with Crippen LogP contribution in [0.5, 0.6) is 0 Å². The number of amides is 1. The second-order valence-corrected chi connectivity index (χ2v) is 5.94. The lowest BCUT2D eigenvalue weighted by Crippen LogP contribution is -2.14. The van der Waals surface area contributed by atoms with Crippen LogP contribution in [0.4, 0.5) is 11.4 Å². The molecule has 0 saturated heterocycles. The number of hydrogen-bond donors (Lipinski definition) is 2. The van der Waals surface area contributed by atoms with Crippen molar-refractivity contribution in [1.82, 2.24) is 9.97 Å². The maximum absolute atomic E-state index is 12.2. The van der Waals surface area contributed by atoms with Gasteiger partial charge in [0.25, 0.3) is 5.91 Å². The van der Waals surface area contributed by atoms with Crippen molar-refractivity contribution in [2.75, 3.05) is 10.6 Å². The van der Waals surface area contributed by atoms with Gasteiger partial charge in [-0.15, -0.1) is 0 Å². The van der Waals surface area contributed by atoms with Crippen LogP contribution in [-0.4, -0.2) is 15.9 Å². The van der Waals surface area contributed by atoms with Gasteiger partial charge in [0.05, 0.1) is 22.6 Å². The van der Waals surface area contributed by atoms with Gasteiger partial charge in [-0.1, -0.05) is 41.9 Å². The van der Waals surface area contributed by atoms with Crippen molar-refractivity contribution in [3.63, 3.8) is 0 Å². The summed E-state index contributed by atoms with van der Waals surface area (Å²) in [6.07, 6.45) is 3.00. The molecule has 0 aliphatic carbocycles. The minimum atomic E-state index is -0.325. The summed E-state index contributed by atoms with van der Waals surface area (Å²) in [5, 5.41) is 6.58. The molecule has 1 amide bonds. The van der Waals surface area contributed by atoms with E-state index < -0.39 is 0 Å². The minimum absolute atomic E-state index is 0.257. The Morgan fingerprint density at radius 1 is 1.08 bits per heavy atom. The number of carbonyl (C=O) groups excluding carboxylic acids is 1. The van der Waals surface area contributed by atoms with Crippen molar-refractivity contribution < 1.29 is 4.79 Å². The normalized spacial score (nSPS) is 10.3. The van der Waals surface area contributed by atoms with Crippen LogP contribution in [0.3, 0.4) is 0 Å².